The molecule has 4 rings (SSSR count). The first kappa shape index (κ1) is 22.7. The predicted octanol–water partition coefficient (Wildman–Crippen LogP) is 5.18. The Balaban J connectivity index is 1.48. The number of carboxylic acids is 1. The molecule has 8 heteroatoms. The summed E-state index contributed by atoms with van der Waals surface area (Å²) in [6.45, 7) is 3.57. The van der Waals surface area contributed by atoms with E-state index in [1.54, 1.807) is 11.6 Å². The van der Waals surface area contributed by atoms with Crippen molar-refractivity contribution >= 4 is 17.9 Å². The number of rotatable bonds is 7. The lowest BCUT2D eigenvalue weighted by Crippen LogP contribution is -2.18. The second-order valence-electron chi connectivity index (χ2n) is 7.83. The summed E-state index contributed by atoms with van der Waals surface area (Å²) in [6, 6.07) is 24.5. The Labute approximate surface area is 196 Å². The van der Waals surface area contributed by atoms with Crippen molar-refractivity contribution in [1.82, 2.24) is 15.0 Å². The van der Waals surface area contributed by atoms with Crippen LogP contribution in [0.5, 0.6) is 0 Å². The third-order valence-electron chi connectivity index (χ3n) is 5.37. The molecule has 1 aromatic heterocycles. The zero-order chi connectivity index (χ0) is 24.1. The average Bonchev–Trinajstić information content (AvgIpc) is 3.19. The highest BCUT2D eigenvalue weighted by molar-refractivity contribution is 5.84. The van der Waals surface area contributed by atoms with Crippen LogP contribution in [0, 0.1) is 6.92 Å². The molecule has 172 valence electrons. The van der Waals surface area contributed by atoms with Gasteiger partial charge in [-0.2, -0.15) is 4.68 Å². The fraction of sp³-hybridized carbons (Fsp3) is 0.154. The quantitative estimate of drug-likeness (QED) is 0.397. The zero-order valence-corrected chi connectivity index (χ0v) is 18.8. The lowest BCUT2D eigenvalue weighted by atomic mass is 10.0. The summed E-state index contributed by atoms with van der Waals surface area (Å²) in [4.78, 5) is 23.4. The first-order valence-corrected chi connectivity index (χ1v) is 10.8. The van der Waals surface area contributed by atoms with Crippen molar-refractivity contribution < 1.29 is 19.4 Å². The maximum Gasteiger partial charge on any atom is 0.413 e. The number of anilines is 1. The number of carboxylic acid groups (broad SMARTS) is 1. The molecule has 0 aliphatic rings. The number of aromatic nitrogens is 3. The van der Waals surface area contributed by atoms with Crippen LogP contribution in [0.25, 0.3) is 16.8 Å². The summed E-state index contributed by atoms with van der Waals surface area (Å²) < 4.78 is 7.06. The van der Waals surface area contributed by atoms with E-state index in [9.17, 15) is 9.59 Å². The SMILES string of the molecule is Cc1nnn(-c2ccc(-c3ccc(CC(=O)O)cc3)cc2)c1NC(=O)O[C@H](C)c1ccccc1. The number of hydrogen-bond acceptors (Lipinski definition) is 5. The molecule has 0 fully saturated rings. The number of hydrogen-bond donors (Lipinski definition) is 2. The molecule has 4 aromatic rings. The third kappa shape index (κ3) is 5.29. The van der Waals surface area contributed by atoms with E-state index in [-0.39, 0.29) is 6.42 Å². The number of aryl methyl sites for hydroxylation is 1. The van der Waals surface area contributed by atoms with Crippen LogP contribution in [0.2, 0.25) is 0 Å². The van der Waals surface area contributed by atoms with Gasteiger partial charge >= 0.3 is 12.1 Å². The van der Waals surface area contributed by atoms with Crippen molar-refractivity contribution in [1.29, 1.82) is 0 Å². The molecule has 34 heavy (non-hydrogen) atoms. The van der Waals surface area contributed by atoms with Crippen LogP contribution in [0.3, 0.4) is 0 Å². The van der Waals surface area contributed by atoms with E-state index >= 15 is 0 Å². The van der Waals surface area contributed by atoms with Crippen molar-refractivity contribution in [2.45, 2.75) is 26.4 Å². The number of aliphatic carboxylic acids is 1. The highest BCUT2D eigenvalue weighted by Crippen LogP contribution is 2.24. The molecule has 0 saturated carbocycles. The van der Waals surface area contributed by atoms with E-state index in [0.717, 1.165) is 27.9 Å². The molecule has 1 heterocycles. The van der Waals surface area contributed by atoms with E-state index in [1.165, 1.54) is 0 Å². The van der Waals surface area contributed by atoms with Gasteiger partial charge in [-0.25, -0.2) is 4.79 Å². The summed E-state index contributed by atoms with van der Waals surface area (Å²) in [5.74, 6) is -0.431. The summed E-state index contributed by atoms with van der Waals surface area (Å²) >= 11 is 0. The lowest BCUT2D eigenvalue weighted by Gasteiger charge is -2.15. The zero-order valence-electron chi connectivity index (χ0n) is 18.8. The predicted molar refractivity (Wildman–Crippen MR) is 128 cm³/mol. The minimum Gasteiger partial charge on any atom is -0.481 e. The van der Waals surface area contributed by atoms with Crippen LogP contribution in [0.1, 0.15) is 29.8 Å². The van der Waals surface area contributed by atoms with Crippen LogP contribution in [0.15, 0.2) is 78.9 Å². The molecule has 0 unspecified atom stereocenters. The van der Waals surface area contributed by atoms with E-state index in [1.807, 2.05) is 85.8 Å². The van der Waals surface area contributed by atoms with E-state index in [2.05, 4.69) is 15.6 Å². The topological polar surface area (TPSA) is 106 Å². The summed E-state index contributed by atoms with van der Waals surface area (Å²) in [5.41, 5.74) is 4.85. The maximum absolute atomic E-state index is 12.5. The average molecular weight is 457 g/mol. The number of amides is 1. The molecule has 0 aliphatic carbocycles. The first-order valence-electron chi connectivity index (χ1n) is 10.8. The molecule has 0 radical (unpaired) electrons. The fourth-order valence-corrected chi connectivity index (χ4v) is 3.54. The van der Waals surface area contributed by atoms with Gasteiger partial charge in [0.15, 0.2) is 5.82 Å². The number of nitrogens with zero attached hydrogens (tertiary/aromatic N) is 3. The molecule has 3 aromatic carbocycles. The Kier molecular flexibility index (Phi) is 6.68. The van der Waals surface area contributed by atoms with Gasteiger partial charge in [0.25, 0.3) is 0 Å². The van der Waals surface area contributed by atoms with Crippen LogP contribution in [-0.2, 0) is 16.0 Å². The Morgan fingerprint density at radius 2 is 1.59 bits per heavy atom. The normalized spacial score (nSPS) is 11.6. The van der Waals surface area contributed by atoms with Crippen molar-refractivity contribution in [2.75, 3.05) is 5.32 Å². The van der Waals surface area contributed by atoms with Gasteiger partial charge in [-0.05, 0) is 48.2 Å². The smallest absolute Gasteiger partial charge is 0.413 e. The lowest BCUT2D eigenvalue weighted by molar-refractivity contribution is -0.136. The second kappa shape index (κ2) is 9.99. The molecule has 0 saturated heterocycles. The maximum atomic E-state index is 12.5. The van der Waals surface area contributed by atoms with Crippen LogP contribution in [0.4, 0.5) is 10.6 Å². The Hall–Kier alpha value is -4.46. The molecular weight excluding hydrogens is 432 g/mol. The number of carbonyl (C=O) groups is 2. The molecule has 1 atom stereocenters. The van der Waals surface area contributed by atoms with Crippen molar-refractivity contribution in [2.24, 2.45) is 0 Å². The molecule has 2 N–H and O–H groups in total. The molecule has 0 spiro atoms. The second-order valence-corrected chi connectivity index (χ2v) is 7.83. The summed E-state index contributed by atoms with van der Waals surface area (Å²) in [6.07, 6.45) is -1.01. The van der Waals surface area contributed by atoms with Crippen molar-refractivity contribution in [3.63, 3.8) is 0 Å². The molecule has 1 amide bonds. The first-order chi connectivity index (χ1) is 16.4. The summed E-state index contributed by atoms with van der Waals surface area (Å²) in [5, 5.41) is 19.9. The third-order valence-corrected chi connectivity index (χ3v) is 5.37. The molecule has 0 aliphatic heterocycles. The fourth-order valence-electron chi connectivity index (χ4n) is 3.54. The van der Waals surface area contributed by atoms with Gasteiger partial charge in [0.1, 0.15) is 11.8 Å². The van der Waals surface area contributed by atoms with Gasteiger partial charge in [0.05, 0.1) is 12.1 Å². The van der Waals surface area contributed by atoms with Gasteiger partial charge in [0, 0.05) is 0 Å². The van der Waals surface area contributed by atoms with Crippen LogP contribution < -0.4 is 5.32 Å². The molecule has 8 nitrogen and oxygen atoms in total. The van der Waals surface area contributed by atoms with Crippen molar-refractivity contribution in [3.05, 3.63) is 95.7 Å². The van der Waals surface area contributed by atoms with Crippen LogP contribution in [-0.4, -0.2) is 32.2 Å². The number of ether oxygens (including phenoxy) is 1. The Morgan fingerprint density at radius 1 is 0.971 bits per heavy atom. The number of carbonyl (C=O) groups excluding carboxylic acids is 1. The van der Waals surface area contributed by atoms with Crippen LogP contribution >= 0.6 is 0 Å². The van der Waals surface area contributed by atoms with Crippen molar-refractivity contribution in [3.8, 4) is 16.8 Å². The largest absolute Gasteiger partial charge is 0.481 e. The molecule has 0 bridgehead atoms. The molecular formula is C26H24N4O4. The number of benzene rings is 3. The standard InChI is InChI=1S/C26H24N4O4/c1-17-25(27-26(33)34-18(2)20-6-4-3-5-7-20)30(29-28-17)23-14-12-22(13-15-23)21-10-8-19(9-11-21)16-24(31)32/h3-15,18H,16H2,1-2H3,(H,27,33)(H,31,32)/t18-/m1/s1. The van der Waals surface area contributed by atoms with Gasteiger partial charge < -0.3 is 9.84 Å². The Morgan fingerprint density at radius 3 is 2.21 bits per heavy atom. The highest BCUT2D eigenvalue weighted by Gasteiger charge is 2.17. The van der Waals surface area contributed by atoms with Gasteiger partial charge in [0.2, 0.25) is 0 Å². The number of nitrogens with one attached hydrogen (secondary N) is 1. The minimum atomic E-state index is -0.858. The minimum absolute atomic E-state index is 0.00674. The summed E-state index contributed by atoms with van der Waals surface area (Å²) in [7, 11) is 0. The van der Waals surface area contributed by atoms with E-state index < -0.39 is 18.2 Å². The Bertz CT molecular complexity index is 1280. The van der Waals surface area contributed by atoms with Gasteiger partial charge in [-0.15, -0.1) is 5.10 Å². The van der Waals surface area contributed by atoms with E-state index in [0.29, 0.717) is 11.5 Å². The monoisotopic (exact) mass is 456 g/mol. The highest BCUT2D eigenvalue weighted by atomic mass is 16.6. The van der Waals surface area contributed by atoms with Gasteiger partial charge in [-0.1, -0.05) is 71.9 Å². The van der Waals surface area contributed by atoms with E-state index in [4.69, 9.17) is 9.84 Å². The van der Waals surface area contributed by atoms with Gasteiger partial charge in [-0.3, -0.25) is 10.1 Å².